The maximum Gasteiger partial charge on any atom is 0.247 e. The summed E-state index contributed by atoms with van der Waals surface area (Å²) in [6.07, 6.45) is 6.70. The number of carbonyl (C=O) groups excluding carboxylic acids is 1. The van der Waals surface area contributed by atoms with Gasteiger partial charge in [0.2, 0.25) is 5.91 Å². The Morgan fingerprint density at radius 1 is 1.00 bits per heavy atom. The molecule has 2 fully saturated rings. The number of fused-ring (bicyclic) bond motifs is 1. The number of piperazine rings is 1. The minimum absolute atomic E-state index is 0.146. The smallest absolute Gasteiger partial charge is 0.247 e. The van der Waals surface area contributed by atoms with Crippen molar-refractivity contribution in [3.05, 3.63) is 53.6 Å². The number of halogens is 1. The molecule has 3 aromatic rings. The van der Waals surface area contributed by atoms with E-state index in [1.54, 1.807) is 0 Å². The highest BCUT2D eigenvalue weighted by Gasteiger charge is 2.30. The molecule has 1 saturated heterocycles. The summed E-state index contributed by atoms with van der Waals surface area (Å²) >= 11 is 6.31. The van der Waals surface area contributed by atoms with Crippen LogP contribution in [0.2, 0.25) is 5.02 Å². The molecule has 0 bridgehead atoms. The molecule has 2 heterocycles. The summed E-state index contributed by atoms with van der Waals surface area (Å²) in [7, 11) is 0. The van der Waals surface area contributed by atoms with E-state index in [4.69, 9.17) is 16.7 Å². The van der Waals surface area contributed by atoms with Crippen LogP contribution < -0.4 is 0 Å². The molecule has 1 atom stereocenters. The zero-order chi connectivity index (χ0) is 22.1. The second-order valence-corrected chi connectivity index (χ2v) is 9.59. The van der Waals surface area contributed by atoms with Gasteiger partial charge >= 0.3 is 0 Å². The Hall–Kier alpha value is -2.37. The summed E-state index contributed by atoms with van der Waals surface area (Å²) in [4.78, 5) is 18.1. The third-order valence-electron chi connectivity index (χ3n) is 7.16. The first-order chi connectivity index (χ1) is 15.6. The molecule has 1 amide bonds. The fraction of sp³-hybridized carbons (Fsp3) is 0.462. The van der Waals surface area contributed by atoms with Crippen LogP contribution in [0.25, 0.3) is 22.2 Å². The topological polar surface area (TPSA) is 41.4 Å². The van der Waals surface area contributed by atoms with Gasteiger partial charge in [-0.1, -0.05) is 61.2 Å². The first kappa shape index (κ1) is 21.5. The van der Waals surface area contributed by atoms with E-state index in [0.29, 0.717) is 11.1 Å². The second-order valence-electron chi connectivity index (χ2n) is 9.15. The molecule has 2 aliphatic rings. The molecular weight excluding hydrogens is 420 g/mol. The Morgan fingerprint density at radius 2 is 1.72 bits per heavy atom. The normalized spacial score (nSPS) is 19.4. The molecule has 1 unspecified atom stereocenters. The quantitative estimate of drug-likeness (QED) is 0.534. The lowest BCUT2D eigenvalue weighted by atomic mass is 9.94. The van der Waals surface area contributed by atoms with Crippen molar-refractivity contribution >= 4 is 28.4 Å². The highest BCUT2D eigenvalue weighted by molar-refractivity contribution is 6.31. The van der Waals surface area contributed by atoms with Crippen LogP contribution in [0.3, 0.4) is 0 Å². The summed E-state index contributed by atoms with van der Waals surface area (Å²) in [5.41, 5.74) is 2.83. The standard InChI is InChI=1S/C26H31ClN4O/c1-19(26(32)30-16-14-29(15-17-30)22-10-6-3-7-11-22)31-24-13-12-21(27)18-23(24)25(28-31)20-8-4-2-5-9-20/h2,4-5,8-9,12-13,18-19,22H,3,6-7,10-11,14-17H2,1H3. The third kappa shape index (κ3) is 4.16. The van der Waals surface area contributed by atoms with Gasteiger partial charge in [0.05, 0.1) is 5.52 Å². The molecular formula is C26H31ClN4O. The van der Waals surface area contributed by atoms with Crippen LogP contribution in [-0.4, -0.2) is 57.7 Å². The highest BCUT2D eigenvalue weighted by Crippen LogP contribution is 2.32. The predicted octanol–water partition coefficient (Wildman–Crippen LogP) is 5.39. The van der Waals surface area contributed by atoms with Crippen molar-refractivity contribution in [2.75, 3.05) is 26.2 Å². The van der Waals surface area contributed by atoms with Crippen molar-refractivity contribution in [1.82, 2.24) is 19.6 Å². The van der Waals surface area contributed by atoms with E-state index in [1.807, 2.05) is 65.0 Å². The van der Waals surface area contributed by atoms with Crippen LogP contribution in [0.5, 0.6) is 0 Å². The lowest BCUT2D eigenvalue weighted by Crippen LogP contribution is -2.53. The molecule has 168 valence electrons. The summed E-state index contributed by atoms with van der Waals surface area (Å²) in [6, 6.07) is 16.2. The molecule has 1 aliphatic heterocycles. The molecule has 0 spiro atoms. The van der Waals surface area contributed by atoms with E-state index in [2.05, 4.69) is 4.90 Å². The molecule has 1 saturated carbocycles. The molecule has 0 radical (unpaired) electrons. The number of aromatic nitrogens is 2. The second kappa shape index (κ2) is 9.24. The van der Waals surface area contributed by atoms with Crippen molar-refractivity contribution < 1.29 is 4.79 Å². The van der Waals surface area contributed by atoms with E-state index in [0.717, 1.165) is 48.3 Å². The van der Waals surface area contributed by atoms with Gasteiger partial charge in [0, 0.05) is 48.2 Å². The van der Waals surface area contributed by atoms with Crippen LogP contribution in [0.15, 0.2) is 48.5 Å². The van der Waals surface area contributed by atoms with Crippen molar-refractivity contribution in [3.8, 4) is 11.3 Å². The van der Waals surface area contributed by atoms with E-state index in [1.165, 1.54) is 32.1 Å². The van der Waals surface area contributed by atoms with Crippen molar-refractivity contribution in [3.63, 3.8) is 0 Å². The van der Waals surface area contributed by atoms with E-state index < -0.39 is 0 Å². The molecule has 6 heteroatoms. The fourth-order valence-corrected chi connectivity index (χ4v) is 5.51. The van der Waals surface area contributed by atoms with Crippen molar-refractivity contribution in [1.29, 1.82) is 0 Å². The minimum Gasteiger partial charge on any atom is -0.338 e. The van der Waals surface area contributed by atoms with Crippen LogP contribution in [0.4, 0.5) is 0 Å². The van der Waals surface area contributed by atoms with Gasteiger partial charge in [-0.2, -0.15) is 5.10 Å². The van der Waals surface area contributed by atoms with Gasteiger partial charge in [0.1, 0.15) is 11.7 Å². The molecule has 2 aromatic carbocycles. The number of benzene rings is 2. The average Bonchev–Trinajstić information content (AvgIpc) is 3.23. The first-order valence-electron chi connectivity index (χ1n) is 11.9. The van der Waals surface area contributed by atoms with Gasteiger partial charge in [-0.15, -0.1) is 0 Å². The van der Waals surface area contributed by atoms with Crippen molar-refractivity contribution in [2.45, 2.75) is 51.1 Å². The minimum atomic E-state index is -0.364. The summed E-state index contributed by atoms with van der Waals surface area (Å²) in [6.45, 7) is 5.53. The van der Waals surface area contributed by atoms with Crippen molar-refractivity contribution in [2.24, 2.45) is 0 Å². The number of hydrogen-bond acceptors (Lipinski definition) is 3. The highest BCUT2D eigenvalue weighted by atomic mass is 35.5. The van der Waals surface area contributed by atoms with E-state index >= 15 is 0 Å². The first-order valence-corrected chi connectivity index (χ1v) is 12.3. The molecule has 5 nitrogen and oxygen atoms in total. The monoisotopic (exact) mass is 450 g/mol. The number of hydrogen-bond donors (Lipinski definition) is 0. The molecule has 1 aromatic heterocycles. The number of amides is 1. The zero-order valence-corrected chi connectivity index (χ0v) is 19.5. The van der Waals surface area contributed by atoms with Crippen LogP contribution in [0, 0.1) is 0 Å². The Kier molecular flexibility index (Phi) is 6.20. The third-order valence-corrected chi connectivity index (χ3v) is 7.39. The van der Waals surface area contributed by atoms with Gasteiger partial charge in [-0.25, -0.2) is 0 Å². The van der Waals surface area contributed by atoms with Gasteiger partial charge in [0.25, 0.3) is 0 Å². The molecule has 32 heavy (non-hydrogen) atoms. The predicted molar refractivity (Wildman–Crippen MR) is 130 cm³/mol. The van der Waals surface area contributed by atoms with Gasteiger partial charge < -0.3 is 4.90 Å². The van der Waals surface area contributed by atoms with Crippen LogP contribution in [-0.2, 0) is 4.79 Å². The average molecular weight is 451 g/mol. The molecule has 5 rings (SSSR count). The summed E-state index contributed by atoms with van der Waals surface area (Å²) in [5, 5.41) is 6.56. The van der Waals surface area contributed by atoms with Gasteiger partial charge in [0.15, 0.2) is 0 Å². The Labute approximate surface area is 194 Å². The summed E-state index contributed by atoms with van der Waals surface area (Å²) in [5.74, 6) is 0.146. The fourth-order valence-electron chi connectivity index (χ4n) is 5.34. The largest absolute Gasteiger partial charge is 0.338 e. The summed E-state index contributed by atoms with van der Waals surface area (Å²) < 4.78 is 1.88. The number of carbonyl (C=O) groups is 1. The Bertz CT molecular complexity index is 1080. The Balaban J connectivity index is 1.37. The number of nitrogens with zero attached hydrogens (tertiary/aromatic N) is 4. The molecule has 0 N–H and O–H groups in total. The number of rotatable bonds is 4. The lowest BCUT2D eigenvalue weighted by Gasteiger charge is -2.41. The van der Waals surface area contributed by atoms with Gasteiger partial charge in [-0.05, 0) is 38.0 Å². The SMILES string of the molecule is CC(C(=O)N1CCN(C2CCCCC2)CC1)n1nc(-c2ccccc2)c2cc(Cl)ccc21. The maximum absolute atomic E-state index is 13.5. The lowest BCUT2D eigenvalue weighted by molar-refractivity contribution is -0.136. The molecule has 1 aliphatic carbocycles. The zero-order valence-electron chi connectivity index (χ0n) is 18.7. The Morgan fingerprint density at radius 3 is 2.44 bits per heavy atom. The van der Waals surface area contributed by atoms with E-state index in [-0.39, 0.29) is 11.9 Å². The van der Waals surface area contributed by atoms with Gasteiger partial charge in [-0.3, -0.25) is 14.4 Å². The van der Waals surface area contributed by atoms with Crippen LogP contribution >= 0.6 is 11.6 Å². The van der Waals surface area contributed by atoms with Crippen LogP contribution in [0.1, 0.15) is 45.1 Å². The van der Waals surface area contributed by atoms with E-state index in [9.17, 15) is 4.79 Å². The maximum atomic E-state index is 13.5.